The van der Waals surface area contributed by atoms with Gasteiger partial charge in [0.25, 0.3) is 5.91 Å². The van der Waals surface area contributed by atoms with Crippen LogP contribution >= 0.6 is 0 Å². The Morgan fingerprint density at radius 3 is 2.58 bits per heavy atom. The van der Waals surface area contributed by atoms with E-state index in [-0.39, 0.29) is 24.6 Å². The van der Waals surface area contributed by atoms with Crippen molar-refractivity contribution in [1.82, 2.24) is 10.2 Å². The molecule has 1 N–H and O–H groups in total. The average molecular weight is 362 g/mol. The van der Waals surface area contributed by atoms with E-state index in [1.165, 1.54) is 0 Å². The molecule has 1 aliphatic heterocycles. The van der Waals surface area contributed by atoms with Crippen LogP contribution in [0.25, 0.3) is 0 Å². The van der Waals surface area contributed by atoms with Gasteiger partial charge in [0, 0.05) is 19.1 Å². The number of piperidine rings is 1. The SMILES string of the molecule is CCOC(=O)N1CCC(NC(=O)COc2cc(C)ccc2C(C)C)CC1. The number of amides is 2. The van der Waals surface area contributed by atoms with Crippen molar-refractivity contribution < 1.29 is 19.1 Å². The molecular weight excluding hydrogens is 332 g/mol. The van der Waals surface area contributed by atoms with E-state index < -0.39 is 0 Å². The molecule has 0 bridgehead atoms. The molecule has 1 fully saturated rings. The third kappa shape index (κ3) is 5.64. The summed E-state index contributed by atoms with van der Waals surface area (Å²) in [5.74, 6) is 0.976. The van der Waals surface area contributed by atoms with E-state index in [4.69, 9.17) is 9.47 Å². The highest BCUT2D eigenvalue weighted by atomic mass is 16.6. The lowest BCUT2D eigenvalue weighted by Gasteiger charge is -2.31. The maximum Gasteiger partial charge on any atom is 0.409 e. The Balaban J connectivity index is 1.80. The van der Waals surface area contributed by atoms with Gasteiger partial charge in [0.15, 0.2) is 6.61 Å². The van der Waals surface area contributed by atoms with Crippen molar-refractivity contribution in [2.24, 2.45) is 0 Å². The summed E-state index contributed by atoms with van der Waals surface area (Å²) in [6.45, 7) is 9.59. The van der Waals surface area contributed by atoms with Gasteiger partial charge >= 0.3 is 6.09 Å². The first-order valence-electron chi connectivity index (χ1n) is 9.35. The molecule has 0 aromatic heterocycles. The van der Waals surface area contributed by atoms with Crippen molar-refractivity contribution in [1.29, 1.82) is 0 Å². The minimum absolute atomic E-state index is 0.00125. The van der Waals surface area contributed by atoms with Gasteiger partial charge in [-0.15, -0.1) is 0 Å². The fourth-order valence-corrected chi connectivity index (χ4v) is 3.08. The minimum Gasteiger partial charge on any atom is -0.483 e. The average Bonchev–Trinajstić information content (AvgIpc) is 2.60. The minimum atomic E-state index is -0.277. The van der Waals surface area contributed by atoms with Gasteiger partial charge in [0.1, 0.15) is 5.75 Å². The molecule has 1 saturated heterocycles. The molecule has 1 aliphatic rings. The van der Waals surface area contributed by atoms with Crippen molar-refractivity contribution in [2.75, 3.05) is 26.3 Å². The van der Waals surface area contributed by atoms with Gasteiger partial charge in [-0.2, -0.15) is 0 Å². The van der Waals surface area contributed by atoms with Gasteiger partial charge in [0.2, 0.25) is 0 Å². The van der Waals surface area contributed by atoms with E-state index >= 15 is 0 Å². The summed E-state index contributed by atoms with van der Waals surface area (Å²) in [5.41, 5.74) is 2.21. The molecule has 6 heteroatoms. The summed E-state index contributed by atoms with van der Waals surface area (Å²) in [6, 6.07) is 6.15. The molecule has 0 spiro atoms. The first-order valence-corrected chi connectivity index (χ1v) is 9.35. The highest BCUT2D eigenvalue weighted by molar-refractivity contribution is 5.78. The molecule has 1 heterocycles. The van der Waals surface area contributed by atoms with Crippen LogP contribution in [0.2, 0.25) is 0 Å². The first-order chi connectivity index (χ1) is 12.4. The third-order valence-corrected chi connectivity index (χ3v) is 4.54. The van der Waals surface area contributed by atoms with Crippen molar-refractivity contribution in [3.05, 3.63) is 29.3 Å². The van der Waals surface area contributed by atoms with E-state index in [0.717, 1.165) is 29.7 Å². The van der Waals surface area contributed by atoms with E-state index in [1.54, 1.807) is 11.8 Å². The molecule has 2 rings (SSSR count). The fourth-order valence-electron chi connectivity index (χ4n) is 3.08. The molecule has 0 saturated carbocycles. The Morgan fingerprint density at radius 2 is 1.96 bits per heavy atom. The summed E-state index contributed by atoms with van der Waals surface area (Å²) in [7, 11) is 0. The predicted octanol–water partition coefficient (Wildman–Crippen LogP) is 3.23. The summed E-state index contributed by atoms with van der Waals surface area (Å²) in [5, 5.41) is 3.00. The molecule has 144 valence electrons. The van der Waals surface area contributed by atoms with Crippen LogP contribution in [0.4, 0.5) is 4.79 Å². The second-order valence-electron chi connectivity index (χ2n) is 7.01. The first kappa shape index (κ1) is 20.1. The highest BCUT2D eigenvalue weighted by Crippen LogP contribution is 2.27. The van der Waals surface area contributed by atoms with Crippen LogP contribution in [0.5, 0.6) is 5.75 Å². The number of nitrogens with one attached hydrogen (secondary N) is 1. The van der Waals surface area contributed by atoms with Crippen LogP contribution in [-0.4, -0.2) is 49.2 Å². The summed E-state index contributed by atoms with van der Waals surface area (Å²) >= 11 is 0. The quantitative estimate of drug-likeness (QED) is 0.844. The number of hydrogen-bond acceptors (Lipinski definition) is 4. The van der Waals surface area contributed by atoms with E-state index in [1.807, 2.05) is 13.0 Å². The zero-order valence-electron chi connectivity index (χ0n) is 16.2. The van der Waals surface area contributed by atoms with Gasteiger partial charge in [0.05, 0.1) is 6.61 Å². The lowest BCUT2D eigenvalue weighted by molar-refractivity contribution is -0.124. The Bertz CT molecular complexity index is 622. The molecule has 1 aromatic carbocycles. The molecule has 26 heavy (non-hydrogen) atoms. The number of benzene rings is 1. The molecule has 1 aromatic rings. The number of nitrogens with zero attached hydrogens (tertiary/aromatic N) is 1. The number of ether oxygens (including phenoxy) is 2. The smallest absolute Gasteiger partial charge is 0.409 e. The summed E-state index contributed by atoms with van der Waals surface area (Å²) in [6.07, 6.45) is 1.18. The molecule has 2 amide bonds. The maximum absolute atomic E-state index is 12.2. The van der Waals surface area contributed by atoms with Gasteiger partial charge in [-0.1, -0.05) is 26.0 Å². The van der Waals surface area contributed by atoms with Gasteiger partial charge in [-0.25, -0.2) is 4.79 Å². The molecule has 0 atom stereocenters. The monoisotopic (exact) mass is 362 g/mol. The summed E-state index contributed by atoms with van der Waals surface area (Å²) in [4.78, 5) is 25.6. The Morgan fingerprint density at radius 1 is 1.27 bits per heavy atom. The number of carbonyl (C=O) groups is 2. The second-order valence-corrected chi connectivity index (χ2v) is 7.01. The Kier molecular flexibility index (Phi) is 7.30. The maximum atomic E-state index is 12.2. The highest BCUT2D eigenvalue weighted by Gasteiger charge is 2.24. The van der Waals surface area contributed by atoms with Crippen molar-refractivity contribution in [3.8, 4) is 5.75 Å². The predicted molar refractivity (Wildman–Crippen MR) is 101 cm³/mol. The van der Waals surface area contributed by atoms with Crippen LogP contribution in [0, 0.1) is 6.92 Å². The van der Waals surface area contributed by atoms with Gasteiger partial charge in [-0.05, 0) is 49.8 Å². The number of aryl methyl sites for hydroxylation is 1. The Hall–Kier alpha value is -2.24. The van der Waals surface area contributed by atoms with Crippen molar-refractivity contribution in [2.45, 2.75) is 52.5 Å². The number of hydrogen-bond donors (Lipinski definition) is 1. The molecule has 0 unspecified atom stereocenters. The van der Waals surface area contributed by atoms with Gasteiger partial charge < -0.3 is 19.7 Å². The van der Waals surface area contributed by atoms with Crippen LogP contribution < -0.4 is 10.1 Å². The zero-order valence-corrected chi connectivity index (χ0v) is 16.2. The molecular formula is C20H30N2O4. The standard InChI is InChI=1S/C20H30N2O4/c1-5-25-20(24)22-10-8-16(9-11-22)21-19(23)13-26-18-12-15(4)6-7-17(18)14(2)3/h6-7,12,14,16H,5,8-11,13H2,1-4H3,(H,21,23). The van der Waals surface area contributed by atoms with Crippen molar-refractivity contribution >= 4 is 12.0 Å². The Labute approximate surface area is 155 Å². The van der Waals surface area contributed by atoms with Crippen molar-refractivity contribution in [3.63, 3.8) is 0 Å². The van der Waals surface area contributed by atoms with Crippen LogP contribution in [0.1, 0.15) is 50.7 Å². The van der Waals surface area contributed by atoms with Crippen LogP contribution in [0.15, 0.2) is 18.2 Å². The van der Waals surface area contributed by atoms with E-state index in [0.29, 0.717) is 25.6 Å². The molecule has 6 nitrogen and oxygen atoms in total. The summed E-state index contributed by atoms with van der Waals surface area (Å²) < 4.78 is 10.8. The van der Waals surface area contributed by atoms with E-state index in [9.17, 15) is 9.59 Å². The number of likely N-dealkylation sites (tertiary alicyclic amines) is 1. The van der Waals surface area contributed by atoms with E-state index in [2.05, 4.69) is 31.3 Å². The molecule has 0 aliphatic carbocycles. The number of carbonyl (C=O) groups excluding carboxylic acids is 2. The topological polar surface area (TPSA) is 67.9 Å². The zero-order chi connectivity index (χ0) is 19.1. The lowest BCUT2D eigenvalue weighted by atomic mass is 10.0. The molecule has 0 radical (unpaired) electrons. The fraction of sp³-hybridized carbons (Fsp3) is 0.600. The van der Waals surface area contributed by atoms with Gasteiger partial charge in [-0.3, -0.25) is 4.79 Å². The van der Waals surface area contributed by atoms with Crippen LogP contribution in [0.3, 0.4) is 0 Å². The third-order valence-electron chi connectivity index (χ3n) is 4.54. The normalized spacial score (nSPS) is 15.0. The second kappa shape index (κ2) is 9.46. The lowest BCUT2D eigenvalue weighted by Crippen LogP contribution is -2.47. The largest absolute Gasteiger partial charge is 0.483 e. The van der Waals surface area contributed by atoms with Crippen LogP contribution in [-0.2, 0) is 9.53 Å². The number of rotatable bonds is 6.